The van der Waals surface area contributed by atoms with Crippen LogP contribution in [0.25, 0.3) is 21.6 Å². The molecule has 1 N–H and O–H groups in total. The molecule has 1 fully saturated rings. The average molecular weight is 397 g/mol. The van der Waals surface area contributed by atoms with E-state index in [-0.39, 0.29) is 23.4 Å². The summed E-state index contributed by atoms with van der Waals surface area (Å²) in [6.07, 6.45) is 3.01. The SMILES string of the molecule is O=C(O)c1csc2nc(-c3ccccc3)n(CC(=O)N3CCCCC3)c(=O)c12. The number of carboxylic acid groups (broad SMARTS) is 1. The highest BCUT2D eigenvalue weighted by Gasteiger charge is 2.23. The quantitative estimate of drug-likeness (QED) is 0.731. The Bertz CT molecular complexity index is 1100. The fourth-order valence-corrected chi connectivity index (χ4v) is 4.42. The molecule has 0 saturated carbocycles. The summed E-state index contributed by atoms with van der Waals surface area (Å²) in [6, 6.07) is 9.17. The number of hydrogen-bond acceptors (Lipinski definition) is 5. The average Bonchev–Trinajstić information content (AvgIpc) is 3.16. The normalized spacial score (nSPS) is 14.4. The van der Waals surface area contributed by atoms with Gasteiger partial charge in [0.05, 0.1) is 10.9 Å². The Morgan fingerprint density at radius 2 is 1.82 bits per heavy atom. The number of piperidine rings is 1. The van der Waals surface area contributed by atoms with E-state index in [0.717, 1.165) is 30.6 Å². The molecule has 8 heteroatoms. The van der Waals surface area contributed by atoms with Crippen molar-refractivity contribution in [2.24, 2.45) is 0 Å². The van der Waals surface area contributed by atoms with Crippen LogP contribution in [0.3, 0.4) is 0 Å². The van der Waals surface area contributed by atoms with Crippen molar-refractivity contribution in [2.75, 3.05) is 13.1 Å². The lowest BCUT2D eigenvalue weighted by molar-refractivity contribution is -0.132. The molecule has 0 atom stereocenters. The van der Waals surface area contributed by atoms with Gasteiger partial charge in [0.15, 0.2) is 0 Å². The lowest BCUT2D eigenvalue weighted by atomic mass is 10.1. The highest BCUT2D eigenvalue weighted by Crippen LogP contribution is 2.25. The van der Waals surface area contributed by atoms with Gasteiger partial charge in [-0.3, -0.25) is 14.2 Å². The van der Waals surface area contributed by atoms with Gasteiger partial charge in [0, 0.05) is 24.0 Å². The molecule has 0 unspecified atom stereocenters. The summed E-state index contributed by atoms with van der Waals surface area (Å²) in [5.41, 5.74) is 0.141. The van der Waals surface area contributed by atoms with Crippen molar-refractivity contribution in [1.29, 1.82) is 0 Å². The maximum atomic E-state index is 13.2. The number of carbonyl (C=O) groups is 2. The molecule has 144 valence electrons. The molecular weight excluding hydrogens is 378 g/mol. The molecule has 28 heavy (non-hydrogen) atoms. The number of likely N-dealkylation sites (tertiary alicyclic amines) is 1. The van der Waals surface area contributed by atoms with Crippen LogP contribution in [0.4, 0.5) is 0 Å². The zero-order valence-corrected chi connectivity index (χ0v) is 15.9. The van der Waals surface area contributed by atoms with E-state index in [9.17, 15) is 19.5 Å². The van der Waals surface area contributed by atoms with Gasteiger partial charge in [-0.2, -0.15) is 0 Å². The Morgan fingerprint density at radius 1 is 1.11 bits per heavy atom. The van der Waals surface area contributed by atoms with Gasteiger partial charge >= 0.3 is 5.97 Å². The summed E-state index contributed by atoms with van der Waals surface area (Å²) in [5, 5.41) is 10.9. The minimum atomic E-state index is -1.17. The molecule has 1 saturated heterocycles. The Kier molecular flexibility index (Phi) is 4.95. The minimum absolute atomic E-state index is 0.0589. The maximum Gasteiger partial charge on any atom is 0.337 e. The summed E-state index contributed by atoms with van der Waals surface area (Å²) in [7, 11) is 0. The molecule has 7 nitrogen and oxygen atoms in total. The third-order valence-electron chi connectivity index (χ3n) is 4.96. The van der Waals surface area contributed by atoms with Crippen molar-refractivity contribution in [3.05, 3.63) is 51.6 Å². The van der Waals surface area contributed by atoms with Crippen molar-refractivity contribution in [3.63, 3.8) is 0 Å². The van der Waals surface area contributed by atoms with Gasteiger partial charge in [0.2, 0.25) is 5.91 Å². The predicted molar refractivity (Wildman–Crippen MR) is 107 cm³/mol. The molecule has 1 aromatic carbocycles. The molecule has 4 rings (SSSR count). The number of carbonyl (C=O) groups excluding carboxylic acids is 1. The van der Waals surface area contributed by atoms with Crippen molar-refractivity contribution >= 4 is 33.4 Å². The summed E-state index contributed by atoms with van der Waals surface area (Å²) in [4.78, 5) is 44.2. The lowest BCUT2D eigenvalue weighted by Crippen LogP contribution is -2.40. The number of aromatic nitrogens is 2. The summed E-state index contributed by atoms with van der Waals surface area (Å²) >= 11 is 1.12. The minimum Gasteiger partial charge on any atom is -0.478 e. The van der Waals surface area contributed by atoms with E-state index in [0.29, 0.717) is 29.3 Å². The number of aromatic carboxylic acids is 1. The van der Waals surface area contributed by atoms with E-state index in [4.69, 9.17) is 0 Å². The number of nitrogens with zero attached hydrogens (tertiary/aromatic N) is 3. The van der Waals surface area contributed by atoms with Gasteiger partial charge in [0.25, 0.3) is 5.56 Å². The van der Waals surface area contributed by atoms with Crippen LogP contribution in [-0.4, -0.2) is 44.5 Å². The summed E-state index contributed by atoms with van der Waals surface area (Å²) in [5.74, 6) is -0.944. The number of hydrogen-bond donors (Lipinski definition) is 1. The van der Waals surface area contributed by atoms with E-state index in [1.165, 1.54) is 9.95 Å². The fraction of sp³-hybridized carbons (Fsp3) is 0.300. The van der Waals surface area contributed by atoms with Crippen LogP contribution in [0, 0.1) is 0 Å². The number of thiophene rings is 1. The van der Waals surface area contributed by atoms with Gasteiger partial charge in [-0.05, 0) is 19.3 Å². The van der Waals surface area contributed by atoms with E-state index in [1.54, 1.807) is 4.90 Å². The Balaban J connectivity index is 1.86. The van der Waals surface area contributed by atoms with Crippen molar-refractivity contribution in [2.45, 2.75) is 25.8 Å². The third-order valence-corrected chi connectivity index (χ3v) is 5.83. The Morgan fingerprint density at radius 3 is 2.50 bits per heavy atom. The lowest BCUT2D eigenvalue weighted by Gasteiger charge is -2.27. The maximum absolute atomic E-state index is 13.2. The molecule has 0 radical (unpaired) electrons. The molecule has 0 spiro atoms. The van der Waals surface area contributed by atoms with Gasteiger partial charge in [-0.1, -0.05) is 30.3 Å². The first-order valence-electron chi connectivity index (χ1n) is 9.15. The third kappa shape index (κ3) is 3.31. The van der Waals surface area contributed by atoms with E-state index >= 15 is 0 Å². The molecule has 1 amide bonds. The zero-order chi connectivity index (χ0) is 19.7. The first kappa shape index (κ1) is 18.4. The van der Waals surface area contributed by atoms with Crippen LogP contribution in [0.15, 0.2) is 40.5 Å². The first-order chi connectivity index (χ1) is 13.6. The Labute approximate surface area is 164 Å². The summed E-state index contributed by atoms with van der Waals surface area (Å²) in [6.45, 7) is 1.21. The van der Waals surface area contributed by atoms with Crippen LogP contribution in [0.2, 0.25) is 0 Å². The highest BCUT2D eigenvalue weighted by molar-refractivity contribution is 7.17. The van der Waals surface area contributed by atoms with Gasteiger partial charge in [-0.25, -0.2) is 9.78 Å². The van der Waals surface area contributed by atoms with Gasteiger partial charge in [-0.15, -0.1) is 11.3 Å². The van der Waals surface area contributed by atoms with Crippen molar-refractivity contribution in [3.8, 4) is 11.4 Å². The van der Waals surface area contributed by atoms with Crippen LogP contribution in [0.5, 0.6) is 0 Å². The summed E-state index contributed by atoms with van der Waals surface area (Å²) < 4.78 is 1.31. The molecule has 1 aliphatic heterocycles. The zero-order valence-electron chi connectivity index (χ0n) is 15.1. The van der Waals surface area contributed by atoms with E-state index in [1.807, 2.05) is 30.3 Å². The van der Waals surface area contributed by atoms with Crippen molar-refractivity contribution < 1.29 is 14.7 Å². The number of benzene rings is 1. The standard InChI is InChI=1S/C20H19N3O4S/c24-15(22-9-5-2-6-10-22)11-23-17(13-7-3-1-4-8-13)21-18-16(19(23)25)14(12-28-18)20(26)27/h1,3-4,7-8,12H,2,5-6,9-11H2,(H,26,27). The molecule has 3 aromatic rings. The van der Waals surface area contributed by atoms with Gasteiger partial charge < -0.3 is 10.0 Å². The second-order valence-corrected chi connectivity index (χ2v) is 7.63. The largest absolute Gasteiger partial charge is 0.478 e. The molecular formula is C20H19N3O4S. The highest BCUT2D eigenvalue weighted by atomic mass is 32.1. The van der Waals surface area contributed by atoms with Crippen LogP contribution >= 0.6 is 11.3 Å². The number of rotatable bonds is 4. The topological polar surface area (TPSA) is 92.5 Å². The second-order valence-electron chi connectivity index (χ2n) is 6.77. The molecule has 0 bridgehead atoms. The Hall–Kier alpha value is -3.00. The van der Waals surface area contributed by atoms with E-state index < -0.39 is 11.5 Å². The van der Waals surface area contributed by atoms with Crippen LogP contribution < -0.4 is 5.56 Å². The first-order valence-corrected chi connectivity index (χ1v) is 10.0. The van der Waals surface area contributed by atoms with Gasteiger partial charge in [0.1, 0.15) is 17.2 Å². The molecule has 0 aliphatic carbocycles. The van der Waals surface area contributed by atoms with Crippen LogP contribution in [-0.2, 0) is 11.3 Å². The van der Waals surface area contributed by atoms with Crippen LogP contribution in [0.1, 0.15) is 29.6 Å². The number of amides is 1. The molecule has 2 aromatic heterocycles. The second kappa shape index (κ2) is 7.55. The smallest absolute Gasteiger partial charge is 0.337 e. The fourth-order valence-electron chi connectivity index (χ4n) is 3.51. The number of carboxylic acids is 1. The van der Waals surface area contributed by atoms with Crippen molar-refractivity contribution in [1.82, 2.24) is 14.5 Å². The van der Waals surface area contributed by atoms with E-state index in [2.05, 4.69) is 4.98 Å². The molecule has 1 aliphatic rings. The molecule has 3 heterocycles. The predicted octanol–water partition coefficient (Wildman–Crippen LogP) is 2.84. The monoisotopic (exact) mass is 397 g/mol. The number of fused-ring (bicyclic) bond motifs is 1.